The average Bonchev–Trinajstić information content (AvgIpc) is 2.14. The molecule has 1 fully saturated rings. The van der Waals surface area contributed by atoms with Crippen molar-refractivity contribution in [1.82, 2.24) is 9.21 Å². The van der Waals surface area contributed by atoms with E-state index in [-0.39, 0.29) is 12.1 Å². The first-order chi connectivity index (χ1) is 7.70. The highest BCUT2D eigenvalue weighted by Crippen LogP contribution is 2.15. The van der Waals surface area contributed by atoms with Crippen LogP contribution in [0.5, 0.6) is 0 Å². The number of hydrogen-bond donors (Lipinski definition) is 0. The maximum atomic E-state index is 11.8. The molecule has 0 spiro atoms. The smallest absolute Gasteiger partial charge is 0.410 e. The van der Waals surface area contributed by atoms with Gasteiger partial charge in [0.2, 0.25) is 0 Å². The number of rotatable bonds is 1. The molecule has 0 radical (unpaired) electrons. The number of amides is 1. The van der Waals surface area contributed by atoms with Gasteiger partial charge in [-0.3, -0.25) is 4.21 Å². The van der Waals surface area contributed by atoms with Crippen LogP contribution in [-0.4, -0.2) is 55.3 Å². The van der Waals surface area contributed by atoms with E-state index in [2.05, 4.69) is 0 Å². The second-order valence-electron chi connectivity index (χ2n) is 5.13. The summed E-state index contributed by atoms with van der Waals surface area (Å²) in [7, 11) is 0. The summed E-state index contributed by atoms with van der Waals surface area (Å²) in [5.74, 6) is 0. The van der Waals surface area contributed by atoms with Crippen molar-refractivity contribution < 1.29 is 18.3 Å². The quantitative estimate of drug-likeness (QED) is 0.653. The Morgan fingerprint density at radius 3 is 2.41 bits per heavy atom. The first-order valence-corrected chi connectivity index (χ1v) is 6.58. The van der Waals surface area contributed by atoms with Gasteiger partial charge in [0.1, 0.15) is 5.60 Å². The molecular formula is C10H19N2O4S-. The summed E-state index contributed by atoms with van der Waals surface area (Å²) < 4.78 is 28.3. The molecular weight excluding hydrogens is 244 g/mol. The third-order valence-electron chi connectivity index (χ3n) is 2.41. The summed E-state index contributed by atoms with van der Waals surface area (Å²) in [4.78, 5) is 13.3. The summed E-state index contributed by atoms with van der Waals surface area (Å²) in [6, 6.07) is -0.213. The van der Waals surface area contributed by atoms with Crippen LogP contribution in [0.15, 0.2) is 0 Å². The number of carbonyl (C=O) groups excluding carboxylic acids is 1. The summed E-state index contributed by atoms with van der Waals surface area (Å²) in [5.41, 5.74) is -0.529. The molecule has 1 saturated heterocycles. The van der Waals surface area contributed by atoms with Crippen LogP contribution in [0.1, 0.15) is 27.7 Å². The number of carbonyl (C=O) groups is 1. The van der Waals surface area contributed by atoms with E-state index in [0.717, 1.165) is 0 Å². The SMILES string of the molecule is CC1CN(C(=O)OC(C)(C)C)CCN1S(=O)[O-]. The van der Waals surface area contributed by atoms with E-state index in [9.17, 15) is 13.6 Å². The minimum atomic E-state index is -2.22. The van der Waals surface area contributed by atoms with Gasteiger partial charge >= 0.3 is 6.09 Å². The van der Waals surface area contributed by atoms with Crippen molar-refractivity contribution in [2.24, 2.45) is 0 Å². The first-order valence-electron chi connectivity index (χ1n) is 5.54. The normalized spacial score (nSPS) is 24.5. The van der Waals surface area contributed by atoms with E-state index in [0.29, 0.717) is 19.6 Å². The van der Waals surface area contributed by atoms with Crippen molar-refractivity contribution in [2.45, 2.75) is 39.3 Å². The molecule has 1 aliphatic rings. The largest absolute Gasteiger partial charge is 0.760 e. The zero-order valence-corrected chi connectivity index (χ0v) is 11.5. The lowest BCUT2D eigenvalue weighted by molar-refractivity contribution is 0.0142. The van der Waals surface area contributed by atoms with Crippen LogP contribution in [0.25, 0.3) is 0 Å². The molecule has 1 heterocycles. The van der Waals surface area contributed by atoms with Gasteiger partial charge < -0.3 is 14.2 Å². The number of piperazine rings is 1. The van der Waals surface area contributed by atoms with Gasteiger partial charge in [-0.2, -0.15) is 0 Å². The highest BCUT2D eigenvalue weighted by atomic mass is 32.2. The van der Waals surface area contributed by atoms with Crippen molar-refractivity contribution in [1.29, 1.82) is 0 Å². The van der Waals surface area contributed by atoms with Crippen LogP contribution >= 0.6 is 0 Å². The molecule has 0 saturated carbocycles. The molecule has 17 heavy (non-hydrogen) atoms. The lowest BCUT2D eigenvalue weighted by Gasteiger charge is -2.40. The Labute approximate surface area is 104 Å². The van der Waals surface area contributed by atoms with E-state index in [1.807, 2.05) is 0 Å². The fraction of sp³-hybridized carbons (Fsp3) is 0.900. The summed E-state index contributed by atoms with van der Waals surface area (Å²) in [6.07, 6.45) is -0.388. The fourth-order valence-corrected chi connectivity index (χ4v) is 2.25. The minimum Gasteiger partial charge on any atom is -0.760 e. The van der Waals surface area contributed by atoms with Crippen LogP contribution < -0.4 is 0 Å². The molecule has 6 nitrogen and oxygen atoms in total. The van der Waals surface area contributed by atoms with Crippen molar-refractivity contribution >= 4 is 17.4 Å². The minimum absolute atomic E-state index is 0.213. The van der Waals surface area contributed by atoms with Gasteiger partial charge in [0.15, 0.2) is 0 Å². The summed E-state index contributed by atoms with van der Waals surface area (Å²) in [5, 5.41) is 0. The van der Waals surface area contributed by atoms with E-state index in [4.69, 9.17) is 4.74 Å². The molecule has 0 aromatic rings. The Bertz CT molecular complexity index is 316. The van der Waals surface area contributed by atoms with Crippen LogP contribution in [0, 0.1) is 0 Å². The van der Waals surface area contributed by atoms with Crippen LogP contribution in [0.3, 0.4) is 0 Å². The van der Waals surface area contributed by atoms with Gasteiger partial charge in [-0.15, -0.1) is 0 Å². The second kappa shape index (κ2) is 5.32. The number of hydrogen-bond acceptors (Lipinski definition) is 4. The second-order valence-corrected chi connectivity index (χ2v) is 6.04. The van der Waals surface area contributed by atoms with Crippen LogP contribution in [0.2, 0.25) is 0 Å². The Balaban J connectivity index is 2.55. The van der Waals surface area contributed by atoms with Gasteiger partial charge in [-0.1, -0.05) is 0 Å². The molecule has 7 heteroatoms. The standard InChI is InChI=1S/C10H20N2O4S/c1-8-7-11(5-6-12(8)17(14)15)9(13)16-10(2,3)4/h8H,5-7H2,1-4H3,(H,14,15)/p-1. The highest BCUT2D eigenvalue weighted by Gasteiger charge is 2.30. The van der Waals surface area contributed by atoms with E-state index in [1.165, 1.54) is 4.31 Å². The van der Waals surface area contributed by atoms with Gasteiger partial charge in [0.05, 0.1) is 0 Å². The van der Waals surface area contributed by atoms with E-state index < -0.39 is 16.9 Å². The fourth-order valence-electron chi connectivity index (χ4n) is 1.65. The van der Waals surface area contributed by atoms with Crippen molar-refractivity contribution in [3.8, 4) is 0 Å². The van der Waals surface area contributed by atoms with Crippen molar-refractivity contribution in [3.63, 3.8) is 0 Å². The zero-order chi connectivity index (χ0) is 13.2. The molecule has 0 aliphatic carbocycles. The molecule has 2 unspecified atom stereocenters. The lowest BCUT2D eigenvalue weighted by Crippen LogP contribution is -2.54. The van der Waals surface area contributed by atoms with Crippen molar-refractivity contribution in [2.75, 3.05) is 19.6 Å². The topological polar surface area (TPSA) is 72.9 Å². The third kappa shape index (κ3) is 4.25. The molecule has 0 aromatic heterocycles. The predicted octanol–water partition coefficient (Wildman–Crippen LogP) is 0.722. The number of nitrogens with zero attached hydrogens (tertiary/aromatic N) is 2. The Kier molecular flexibility index (Phi) is 4.51. The highest BCUT2D eigenvalue weighted by molar-refractivity contribution is 7.76. The van der Waals surface area contributed by atoms with Crippen molar-refractivity contribution in [3.05, 3.63) is 0 Å². The third-order valence-corrected chi connectivity index (χ3v) is 3.34. The van der Waals surface area contributed by atoms with Crippen LogP contribution in [0.4, 0.5) is 4.79 Å². The van der Waals surface area contributed by atoms with Gasteiger partial charge in [0, 0.05) is 36.9 Å². The molecule has 1 aliphatic heterocycles. The lowest BCUT2D eigenvalue weighted by atomic mass is 10.2. The molecule has 0 bridgehead atoms. The molecule has 1 rings (SSSR count). The first kappa shape index (κ1) is 14.4. The predicted molar refractivity (Wildman–Crippen MR) is 62.9 cm³/mol. The monoisotopic (exact) mass is 263 g/mol. The Morgan fingerprint density at radius 1 is 1.41 bits per heavy atom. The summed E-state index contributed by atoms with van der Waals surface area (Å²) in [6.45, 7) is 8.23. The van der Waals surface area contributed by atoms with Crippen LogP contribution in [-0.2, 0) is 16.0 Å². The molecule has 0 aromatic carbocycles. The average molecular weight is 263 g/mol. The van der Waals surface area contributed by atoms with Gasteiger partial charge in [-0.25, -0.2) is 9.10 Å². The Hall–Kier alpha value is -0.660. The van der Waals surface area contributed by atoms with E-state index in [1.54, 1.807) is 32.6 Å². The van der Waals surface area contributed by atoms with E-state index >= 15 is 0 Å². The maximum absolute atomic E-state index is 11.8. The zero-order valence-electron chi connectivity index (χ0n) is 10.6. The maximum Gasteiger partial charge on any atom is 0.410 e. The van der Waals surface area contributed by atoms with Gasteiger partial charge in [0.25, 0.3) is 0 Å². The summed E-state index contributed by atoms with van der Waals surface area (Å²) >= 11 is -2.22. The number of ether oxygens (including phenoxy) is 1. The Morgan fingerprint density at radius 2 is 2.00 bits per heavy atom. The molecule has 1 amide bonds. The molecule has 0 N–H and O–H groups in total. The van der Waals surface area contributed by atoms with Gasteiger partial charge in [-0.05, 0) is 27.7 Å². The molecule has 2 atom stereocenters. The molecule has 100 valence electrons.